The van der Waals surface area contributed by atoms with Gasteiger partial charge in [-0.15, -0.1) is 0 Å². The Hall–Kier alpha value is -1.14. The molecule has 0 aromatic carbocycles. The van der Waals surface area contributed by atoms with Crippen LogP contribution in [0.4, 0.5) is 0 Å². The number of carbonyl (C=O) groups is 2. The van der Waals surface area contributed by atoms with Crippen molar-refractivity contribution in [3.8, 4) is 0 Å². The summed E-state index contributed by atoms with van der Waals surface area (Å²) in [6.07, 6.45) is 6.64. The fourth-order valence-corrected chi connectivity index (χ4v) is 2.20. The quantitative estimate of drug-likeness (QED) is 0.313. The van der Waals surface area contributed by atoms with Crippen LogP contribution >= 0.6 is 0 Å². The van der Waals surface area contributed by atoms with Crippen molar-refractivity contribution in [3.63, 3.8) is 0 Å². The van der Waals surface area contributed by atoms with E-state index in [9.17, 15) is 9.59 Å². The molecule has 0 atom stereocenters. The van der Waals surface area contributed by atoms with Crippen LogP contribution in [0.25, 0.3) is 0 Å². The average Bonchev–Trinajstić information content (AvgIpc) is 2.62. The minimum Gasteiger partial charge on any atom is -0.356 e. The van der Waals surface area contributed by atoms with Crippen molar-refractivity contribution in [3.05, 3.63) is 0 Å². The van der Waals surface area contributed by atoms with Gasteiger partial charge in [0.2, 0.25) is 11.8 Å². The molecule has 0 saturated heterocycles. The van der Waals surface area contributed by atoms with Crippen LogP contribution in [-0.2, 0) is 14.4 Å². The highest BCUT2D eigenvalue weighted by Crippen LogP contribution is 2.19. The standard InChI is InChI=1S/C11H23NO.C10H22N2O2/c1-4-9-12-11(13)8-6-5-7-10(2)3;1-5-9(13)12-7-6-10(2,3)8-14-11-4/h10H,4-9H2,1-3H3,(H,12,13);11H,5-8H2,1-4H3,(H,12,13). The van der Waals surface area contributed by atoms with Gasteiger partial charge in [-0.2, -0.15) is 0 Å². The van der Waals surface area contributed by atoms with Crippen LogP contribution in [0.5, 0.6) is 0 Å². The summed E-state index contributed by atoms with van der Waals surface area (Å²) >= 11 is 0. The van der Waals surface area contributed by atoms with Crippen LogP contribution in [0, 0.1) is 11.3 Å². The Labute approximate surface area is 167 Å². The molecule has 2 amide bonds. The molecule has 0 aliphatic carbocycles. The molecule has 0 aromatic rings. The van der Waals surface area contributed by atoms with E-state index in [-0.39, 0.29) is 17.2 Å². The van der Waals surface area contributed by atoms with Crippen molar-refractivity contribution in [1.29, 1.82) is 0 Å². The number of hydrogen-bond donors (Lipinski definition) is 3. The number of unbranched alkanes of at least 4 members (excludes halogenated alkanes) is 1. The van der Waals surface area contributed by atoms with Crippen molar-refractivity contribution in [2.75, 3.05) is 26.7 Å². The summed E-state index contributed by atoms with van der Waals surface area (Å²) in [7, 11) is 1.74. The summed E-state index contributed by atoms with van der Waals surface area (Å²) in [5.41, 5.74) is 2.73. The molecular formula is C21H45N3O3. The average molecular weight is 388 g/mol. The number of hydroxylamine groups is 1. The van der Waals surface area contributed by atoms with Crippen LogP contribution in [0.1, 0.15) is 86.5 Å². The van der Waals surface area contributed by atoms with E-state index in [4.69, 9.17) is 4.84 Å². The second kappa shape index (κ2) is 18.2. The maximum Gasteiger partial charge on any atom is 0.219 e. The zero-order chi connectivity index (χ0) is 21.1. The van der Waals surface area contributed by atoms with E-state index in [1.54, 1.807) is 7.05 Å². The van der Waals surface area contributed by atoms with Gasteiger partial charge in [0.05, 0.1) is 6.61 Å². The van der Waals surface area contributed by atoms with E-state index >= 15 is 0 Å². The fraction of sp³-hybridized carbons (Fsp3) is 0.905. The van der Waals surface area contributed by atoms with Gasteiger partial charge in [0.1, 0.15) is 0 Å². The molecule has 0 saturated carbocycles. The van der Waals surface area contributed by atoms with E-state index in [1.165, 1.54) is 12.8 Å². The summed E-state index contributed by atoms with van der Waals surface area (Å²) < 4.78 is 0. The molecule has 6 nitrogen and oxygen atoms in total. The van der Waals surface area contributed by atoms with Gasteiger partial charge in [0, 0.05) is 33.0 Å². The monoisotopic (exact) mass is 387 g/mol. The molecule has 0 bridgehead atoms. The van der Waals surface area contributed by atoms with Crippen molar-refractivity contribution in [2.24, 2.45) is 11.3 Å². The second-order valence-corrected chi connectivity index (χ2v) is 8.10. The van der Waals surface area contributed by atoms with Gasteiger partial charge in [-0.05, 0) is 30.6 Å². The Balaban J connectivity index is 0. The van der Waals surface area contributed by atoms with E-state index < -0.39 is 0 Å². The van der Waals surface area contributed by atoms with Crippen LogP contribution in [-0.4, -0.2) is 38.6 Å². The first-order valence-corrected chi connectivity index (χ1v) is 10.5. The molecule has 0 aliphatic heterocycles. The third-order valence-electron chi connectivity index (χ3n) is 4.06. The molecule has 0 rings (SSSR count). The molecule has 6 heteroatoms. The van der Waals surface area contributed by atoms with Gasteiger partial charge in [-0.25, -0.2) is 5.48 Å². The Bertz CT molecular complexity index is 372. The highest BCUT2D eigenvalue weighted by Gasteiger charge is 2.17. The predicted octanol–water partition coefficient (Wildman–Crippen LogP) is 3.81. The Morgan fingerprint density at radius 3 is 2.15 bits per heavy atom. The Morgan fingerprint density at radius 1 is 1.00 bits per heavy atom. The highest BCUT2D eigenvalue weighted by atomic mass is 16.6. The van der Waals surface area contributed by atoms with Gasteiger partial charge in [-0.1, -0.05) is 54.4 Å². The molecule has 0 fully saturated rings. The topological polar surface area (TPSA) is 79.5 Å². The molecule has 0 radical (unpaired) electrons. The first-order valence-electron chi connectivity index (χ1n) is 10.5. The first-order chi connectivity index (χ1) is 12.7. The molecule has 0 spiro atoms. The minimum atomic E-state index is 0.0873. The molecule has 0 heterocycles. The molecular weight excluding hydrogens is 342 g/mol. The molecule has 0 aromatic heterocycles. The van der Waals surface area contributed by atoms with E-state index in [0.717, 1.165) is 31.7 Å². The van der Waals surface area contributed by atoms with E-state index in [1.807, 2.05) is 6.92 Å². The Morgan fingerprint density at radius 2 is 1.63 bits per heavy atom. The number of rotatable bonds is 14. The van der Waals surface area contributed by atoms with Crippen LogP contribution < -0.4 is 16.1 Å². The van der Waals surface area contributed by atoms with Crippen LogP contribution in [0.3, 0.4) is 0 Å². The Kier molecular flexibility index (Phi) is 19.0. The summed E-state index contributed by atoms with van der Waals surface area (Å²) in [5.74, 6) is 1.08. The fourth-order valence-electron chi connectivity index (χ4n) is 2.20. The maximum atomic E-state index is 11.1. The van der Waals surface area contributed by atoms with Crippen molar-refractivity contribution in [2.45, 2.75) is 86.5 Å². The van der Waals surface area contributed by atoms with Crippen molar-refractivity contribution >= 4 is 11.8 Å². The van der Waals surface area contributed by atoms with E-state index in [0.29, 0.717) is 26.0 Å². The minimum absolute atomic E-state index is 0.0873. The summed E-state index contributed by atoms with van der Waals surface area (Å²) in [6.45, 7) is 14.8. The summed E-state index contributed by atoms with van der Waals surface area (Å²) in [6, 6.07) is 0. The second-order valence-electron chi connectivity index (χ2n) is 8.10. The SMILES string of the molecule is CCC(=O)NCCC(C)(C)CONC.CCCNC(=O)CCCCC(C)C. The van der Waals surface area contributed by atoms with Crippen molar-refractivity contribution in [1.82, 2.24) is 16.1 Å². The normalized spacial score (nSPS) is 11.0. The third-order valence-corrected chi connectivity index (χ3v) is 4.06. The van der Waals surface area contributed by atoms with Gasteiger partial charge < -0.3 is 15.5 Å². The van der Waals surface area contributed by atoms with E-state index in [2.05, 4.69) is 50.7 Å². The van der Waals surface area contributed by atoms with Crippen LogP contribution in [0.15, 0.2) is 0 Å². The molecule has 0 unspecified atom stereocenters. The number of hydrogen-bond acceptors (Lipinski definition) is 4. The van der Waals surface area contributed by atoms with Gasteiger partial charge in [0.25, 0.3) is 0 Å². The molecule has 0 aliphatic rings. The molecule has 162 valence electrons. The summed E-state index contributed by atoms with van der Waals surface area (Å²) in [4.78, 5) is 27.2. The first kappa shape index (κ1) is 28.1. The van der Waals surface area contributed by atoms with Gasteiger partial charge >= 0.3 is 0 Å². The third kappa shape index (κ3) is 22.8. The highest BCUT2D eigenvalue weighted by molar-refractivity contribution is 5.75. The number of nitrogens with one attached hydrogen (secondary N) is 3. The zero-order valence-electron chi connectivity index (χ0n) is 18.9. The predicted molar refractivity (Wildman–Crippen MR) is 113 cm³/mol. The lowest BCUT2D eigenvalue weighted by Gasteiger charge is -2.23. The lowest BCUT2D eigenvalue weighted by atomic mass is 9.90. The smallest absolute Gasteiger partial charge is 0.219 e. The number of amides is 2. The summed E-state index contributed by atoms with van der Waals surface area (Å²) in [5, 5.41) is 5.73. The van der Waals surface area contributed by atoms with Crippen LogP contribution in [0.2, 0.25) is 0 Å². The lowest BCUT2D eigenvalue weighted by Crippen LogP contribution is -2.30. The molecule has 3 N–H and O–H groups in total. The molecule has 27 heavy (non-hydrogen) atoms. The largest absolute Gasteiger partial charge is 0.356 e. The number of carbonyl (C=O) groups excluding carboxylic acids is 2. The maximum absolute atomic E-state index is 11.1. The van der Waals surface area contributed by atoms with Gasteiger partial charge in [-0.3, -0.25) is 9.59 Å². The zero-order valence-corrected chi connectivity index (χ0v) is 18.9. The van der Waals surface area contributed by atoms with Gasteiger partial charge in [0.15, 0.2) is 0 Å². The van der Waals surface area contributed by atoms with Crippen molar-refractivity contribution < 1.29 is 14.4 Å². The lowest BCUT2D eigenvalue weighted by molar-refractivity contribution is -0.121.